The van der Waals surface area contributed by atoms with Crippen molar-refractivity contribution in [1.29, 1.82) is 0 Å². The number of imidazole rings is 1. The third-order valence-electron chi connectivity index (χ3n) is 4.88. The van der Waals surface area contributed by atoms with Gasteiger partial charge in [-0.25, -0.2) is 9.37 Å². The summed E-state index contributed by atoms with van der Waals surface area (Å²) in [6.45, 7) is 0.0350. The molecule has 0 spiro atoms. The van der Waals surface area contributed by atoms with E-state index in [9.17, 15) is 9.18 Å². The molecular weight excluding hydrogens is 381 g/mol. The monoisotopic (exact) mass is 403 g/mol. The average Bonchev–Trinajstić information content (AvgIpc) is 3.19. The first-order chi connectivity index (χ1) is 14.7. The van der Waals surface area contributed by atoms with Crippen LogP contribution < -0.4 is 5.32 Å². The zero-order chi connectivity index (χ0) is 20.8. The van der Waals surface area contributed by atoms with Gasteiger partial charge >= 0.3 is 0 Å². The normalized spacial score (nSPS) is 11.0. The minimum absolute atomic E-state index is 0.0350. The number of para-hydroxylation sites is 2. The Bertz CT molecular complexity index is 1120. The lowest BCUT2D eigenvalue weighted by molar-refractivity contribution is 0.0949. The van der Waals surface area contributed by atoms with E-state index in [1.54, 1.807) is 6.20 Å². The van der Waals surface area contributed by atoms with Gasteiger partial charge in [-0.05, 0) is 55.2 Å². The molecule has 1 amide bonds. The van der Waals surface area contributed by atoms with Crippen molar-refractivity contribution in [3.05, 3.63) is 89.5 Å². The number of pyridine rings is 2. The lowest BCUT2D eigenvalue weighted by Gasteiger charge is -2.07. The van der Waals surface area contributed by atoms with Crippen molar-refractivity contribution >= 4 is 16.9 Å². The van der Waals surface area contributed by atoms with Crippen LogP contribution in [0, 0.1) is 5.82 Å². The molecular formula is C23H22FN5O. The standard InChI is InChI=1S/C23H22FN5O/c24-18-7-5-11-26-21(18)15-27-23(30)17-12-16(13-25-14-17)6-1-4-10-22-28-19-8-2-3-9-20(19)29-22/h2-3,5,7-9,11-14H,1,4,6,10,15H2,(H,27,30)(H,28,29). The molecule has 1 aromatic carbocycles. The molecule has 3 heterocycles. The number of nitrogens with one attached hydrogen (secondary N) is 2. The van der Waals surface area contributed by atoms with Gasteiger partial charge < -0.3 is 10.3 Å². The molecule has 30 heavy (non-hydrogen) atoms. The summed E-state index contributed by atoms with van der Waals surface area (Å²) >= 11 is 0. The highest BCUT2D eigenvalue weighted by atomic mass is 19.1. The minimum atomic E-state index is -0.436. The van der Waals surface area contributed by atoms with E-state index in [0.29, 0.717) is 5.56 Å². The molecule has 3 aromatic heterocycles. The van der Waals surface area contributed by atoms with Gasteiger partial charge in [0, 0.05) is 25.0 Å². The molecule has 2 N–H and O–H groups in total. The number of amides is 1. The van der Waals surface area contributed by atoms with Gasteiger partial charge in [0.25, 0.3) is 5.91 Å². The van der Waals surface area contributed by atoms with Crippen LogP contribution in [0.5, 0.6) is 0 Å². The van der Waals surface area contributed by atoms with Crippen LogP contribution in [0.15, 0.2) is 61.1 Å². The molecule has 0 aliphatic carbocycles. The van der Waals surface area contributed by atoms with Crippen LogP contribution in [0.4, 0.5) is 4.39 Å². The maximum Gasteiger partial charge on any atom is 0.253 e. The van der Waals surface area contributed by atoms with Crippen LogP contribution in [-0.4, -0.2) is 25.8 Å². The molecule has 4 aromatic rings. The van der Waals surface area contributed by atoms with Gasteiger partial charge in [-0.2, -0.15) is 0 Å². The molecule has 4 rings (SSSR count). The Kier molecular flexibility index (Phi) is 6.08. The van der Waals surface area contributed by atoms with Crippen molar-refractivity contribution in [2.75, 3.05) is 0 Å². The fourth-order valence-electron chi connectivity index (χ4n) is 3.31. The van der Waals surface area contributed by atoms with Crippen LogP contribution in [-0.2, 0) is 19.4 Å². The molecule has 0 aliphatic rings. The first-order valence-electron chi connectivity index (χ1n) is 9.94. The topological polar surface area (TPSA) is 83.6 Å². The highest BCUT2D eigenvalue weighted by Gasteiger charge is 2.09. The third-order valence-corrected chi connectivity index (χ3v) is 4.88. The summed E-state index contributed by atoms with van der Waals surface area (Å²) in [6.07, 6.45) is 8.43. The fourth-order valence-corrected chi connectivity index (χ4v) is 3.31. The maximum absolute atomic E-state index is 13.6. The van der Waals surface area contributed by atoms with Gasteiger partial charge in [0.2, 0.25) is 0 Å². The largest absolute Gasteiger partial charge is 0.346 e. The summed E-state index contributed by atoms with van der Waals surface area (Å²) in [7, 11) is 0. The van der Waals surface area contributed by atoms with Crippen molar-refractivity contribution < 1.29 is 9.18 Å². The molecule has 0 unspecified atom stereocenters. The Balaban J connectivity index is 1.27. The average molecular weight is 403 g/mol. The van der Waals surface area contributed by atoms with Gasteiger partial charge in [0.05, 0.1) is 28.8 Å². The molecule has 152 valence electrons. The van der Waals surface area contributed by atoms with E-state index in [2.05, 4.69) is 25.3 Å². The summed E-state index contributed by atoms with van der Waals surface area (Å²) in [5, 5.41) is 2.69. The maximum atomic E-state index is 13.6. The van der Waals surface area contributed by atoms with E-state index < -0.39 is 5.82 Å². The second kappa shape index (κ2) is 9.26. The highest BCUT2D eigenvalue weighted by Crippen LogP contribution is 2.13. The predicted molar refractivity (Wildman–Crippen MR) is 112 cm³/mol. The van der Waals surface area contributed by atoms with E-state index in [1.807, 2.05) is 30.3 Å². The van der Waals surface area contributed by atoms with Crippen molar-refractivity contribution in [3.8, 4) is 0 Å². The molecule has 0 saturated carbocycles. The lowest BCUT2D eigenvalue weighted by Crippen LogP contribution is -2.24. The quantitative estimate of drug-likeness (QED) is 0.436. The van der Waals surface area contributed by atoms with E-state index in [1.165, 1.54) is 24.5 Å². The van der Waals surface area contributed by atoms with Crippen molar-refractivity contribution in [2.45, 2.75) is 32.2 Å². The summed E-state index contributed by atoms with van der Waals surface area (Å²) < 4.78 is 13.6. The number of aromatic nitrogens is 4. The van der Waals surface area contributed by atoms with Gasteiger partial charge in [-0.15, -0.1) is 0 Å². The number of fused-ring (bicyclic) bond motifs is 1. The Labute approximate surface area is 173 Å². The molecule has 0 radical (unpaired) electrons. The van der Waals surface area contributed by atoms with Crippen molar-refractivity contribution in [3.63, 3.8) is 0 Å². The van der Waals surface area contributed by atoms with Gasteiger partial charge in [-0.3, -0.25) is 14.8 Å². The number of carbonyl (C=O) groups excluding carboxylic acids is 1. The number of benzene rings is 1. The summed E-state index contributed by atoms with van der Waals surface area (Å²) in [5.74, 6) is 0.259. The molecule has 0 aliphatic heterocycles. The number of H-pyrrole nitrogens is 1. The van der Waals surface area contributed by atoms with Gasteiger partial charge in [0.15, 0.2) is 0 Å². The van der Waals surface area contributed by atoms with Crippen LogP contribution in [0.3, 0.4) is 0 Å². The van der Waals surface area contributed by atoms with E-state index in [4.69, 9.17) is 0 Å². The Hall–Kier alpha value is -3.61. The van der Waals surface area contributed by atoms with Crippen molar-refractivity contribution in [2.24, 2.45) is 0 Å². The molecule has 0 saturated heterocycles. The number of halogens is 1. The third kappa shape index (κ3) is 4.86. The number of unbranched alkanes of at least 4 members (excludes halogenated alkanes) is 1. The molecule has 0 atom stereocenters. The zero-order valence-corrected chi connectivity index (χ0v) is 16.4. The van der Waals surface area contributed by atoms with Crippen LogP contribution in [0.2, 0.25) is 0 Å². The van der Waals surface area contributed by atoms with Gasteiger partial charge in [0.1, 0.15) is 11.6 Å². The number of hydrogen-bond acceptors (Lipinski definition) is 4. The summed E-state index contributed by atoms with van der Waals surface area (Å²) in [4.78, 5) is 28.4. The lowest BCUT2D eigenvalue weighted by atomic mass is 10.1. The van der Waals surface area contributed by atoms with Gasteiger partial charge in [-0.1, -0.05) is 12.1 Å². The van der Waals surface area contributed by atoms with Crippen LogP contribution >= 0.6 is 0 Å². The van der Waals surface area contributed by atoms with Crippen LogP contribution in [0.25, 0.3) is 11.0 Å². The fraction of sp³-hybridized carbons (Fsp3) is 0.217. The van der Waals surface area contributed by atoms with E-state index in [0.717, 1.165) is 48.1 Å². The summed E-state index contributed by atoms with van der Waals surface area (Å²) in [5.41, 5.74) is 3.71. The first-order valence-corrected chi connectivity index (χ1v) is 9.94. The molecule has 7 heteroatoms. The van der Waals surface area contributed by atoms with Crippen LogP contribution in [0.1, 0.15) is 40.3 Å². The number of aryl methyl sites for hydroxylation is 2. The summed E-state index contributed by atoms with van der Waals surface area (Å²) in [6, 6.07) is 12.7. The van der Waals surface area contributed by atoms with Crippen molar-refractivity contribution in [1.82, 2.24) is 25.3 Å². The predicted octanol–water partition coefficient (Wildman–Crippen LogP) is 3.99. The number of hydrogen-bond donors (Lipinski definition) is 2. The number of nitrogens with zero attached hydrogens (tertiary/aromatic N) is 3. The van der Waals surface area contributed by atoms with E-state index >= 15 is 0 Å². The highest BCUT2D eigenvalue weighted by molar-refractivity contribution is 5.93. The minimum Gasteiger partial charge on any atom is -0.346 e. The second-order valence-corrected chi connectivity index (χ2v) is 7.10. The smallest absolute Gasteiger partial charge is 0.253 e. The molecule has 0 bridgehead atoms. The Morgan fingerprint density at radius 1 is 1.07 bits per heavy atom. The number of aromatic amines is 1. The zero-order valence-electron chi connectivity index (χ0n) is 16.4. The first kappa shape index (κ1) is 19.7. The SMILES string of the molecule is O=C(NCc1ncccc1F)c1cncc(CCCCc2nc3ccccc3[nH]2)c1. The number of rotatable bonds is 8. The number of carbonyl (C=O) groups is 1. The Morgan fingerprint density at radius 2 is 1.93 bits per heavy atom. The molecule has 0 fully saturated rings. The molecule has 6 nitrogen and oxygen atoms in total. The second-order valence-electron chi connectivity index (χ2n) is 7.10. The Morgan fingerprint density at radius 3 is 2.80 bits per heavy atom. The van der Waals surface area contributed by atoms with E-state index in [-0.39, 0.29) is 18.1 Å².